The summed E-state index contributed by atoms with van der Waals surface area (Å²) in [7, 11) is -3.79. The van der Waals surface area contributed by atoms with Crippen LogP contribution in [0.3, 0.4) is 0 Å². The van der Waals surface area contributed by atoms with Crippen molar-refractivity contribution in [2.75, 3.05) is 42.6 Å². The molecule has 1 aliphatic heterocycles. The van der Waals surface area contributed by atoms with Gasteiger partial charge in [-0.3, -0.25) is 4.79 Å². The van der Waals surface area contributed by atoms with Crippen LogP contribution in [0.5, 0.6) is 0 Å². The Hall–Kier alpha value is -3.24. The van der Waals surface area contributed by atoms with Gasteiger partial charge in [0.15, 0.2) is 5.13 Å². The van der Waals surface area contributed by atoms with Gasteiger partial charge in [-0.05, 0) is 37.1 Å². The average molecular weight is 569 g/mol. The molecule has 1 aromatic carbocycles. The van der Waals surface area contributed by atoms with Crippen LogP contribution in [0.2, 0.25) is 0 Å². The van der Waals surface area contributed by atoms with E-state index in [4.69, 9.17) is 10.8 Å². The first kappa shape index (κ1) is 27.8. The highest BCUT2D eigenvalue weighted by Crippen LogP contribution is 2.31. The van der Waals surface area contributed by atoms with Crippen molar-refractivity contribution < 1.29 is 32.2 Å². The van der Waals surface area contributed by atoms with Crippen LogP contribution in [-0.2, 0) is 10.0 Å². The van der Waals surface area contributed by atoms with E-state index in [1.165, 1.54) is 22.6 Å². The van der Waals surface area contributed by atoms with Gasteiger partial charge in [-0.15, -0.1) is 0 Å². The molecule has 3 aromatic rings. The summed E-state index contributed by atoms with van der Waals surface area (Å²) in [6.07, 6.45) is 1.15. The molecule has 4 rings (SSSR count). The number of rotatable bonds is 10. The molecule has 3 heterocycles. The minimum Gasteiger partial charge on any atom is -0.394 e. The van der Waals surface area contributed by atoms with Crippen LogP contribution in [0.1, 0.15) is 28.1 Å². The van der Waals surface area contributed by atoms with Gasteiger partial charge in [-0.25, -0.2) is 27.2 Å². The van der Waals surface area contributed by atoms with Crippen LogP contribution in [-0.4, -0.2) is 77.1 Å². The van der Waals surface area contributed by atoms with Crippen LogP contribution in [0, 0.1) is 11.6 Å². The van der Waals surface area contributed by atoms with Crippen molar-refractivity contribution >= 4 is 43.9 Å². The number of ketones is 1. The lowest BCUT2D eigenvalue weighted by Crippen LogP contribution is -2.42. The summed E-state index contributed by atoms with van der Waals surface area (Å²) in [4.78, 5) is 20.8. The number of aromatic nitrogens is 2. The van der Waals surface area contributed by atoms with E-state index in [9.17, 15) is 27.1 Å². The molecule has 38 heavy (non-hydrogen) atoms. The first-order valence-electron chi connectivity index (χ1n) is 11.6. The fraction of sp³-hybridized carbons (Fsp3) is 0.348. The number of nitrogen functional groups attached to an aromatic ring is 1. The Kier molecular flexibility index (Phi) is 8.52. The predicted molar refractivity (Wildman–Crippen MR) is 138 cm³/mol. The van der Waals surface area contributed by atoms with Gasteiger partial charge >= 0.3 is 0 Å². The Morgan fingerprint density at radius 3 is 2.50 bits per heavy atom. The Balaban J connectivity index is 1.36. The standard InChI is InChI=1S/C23H26F2N6O5S2/c24-16-2-1-3-17(25)19(16)20(34)21-22(26)30-23(37-21)29-13-6-8-31(9-7-13)38(35,36)15-4-5-18(28-11-15)27-10-14(33)12-32/h1-5,11,13-14,32-33H,6-10,12,26H2,(H,27,28)(H,29,30). The number of hydrogen-bond donors (Lipinski definition) is 5. The highest BCUT2D eigenvalue weighted by atomic mass is 32.2. The quantitative estimate of drug-likeness (QED) is 0.227. The summed E-state index contributed by atoms with van der Waals surface area (Å²) in [5, 5.41) is 24.5. The van der Waals surface area contributed by atoms with Gasteiger partial charge in [0, 0.05) is 31.9 Å². The lowest BCUT2D eigenvalue weighted by Gasteiger charge is -2.31. The molecule has 1 aliphatic rings. The second-order valence-electron chi connectivity index (χ2n) is 8.58. The number of carbonyl (C=O) groups excluding carboxylic acids is 1. The Morgan fingerprint density at radius 1 is 1.21 bits per heavy atom. The molecule has 0 bridgehead atoms. The second kappa shape index (κ2) is 11.7. The van der Waals surface area contributed by atoms with Crippen molar-refractivity contribution in [2.24, 2.45) is 0 Å². The Labute approximate surface area is 221 Å². The third-order valence-electron chi connectivity index (χ3n) is 5.93. The SMILES string of the molecule is Nc1nc(NC2CCN(S(=O)(=O)c3ccc(NCC(O)CO)nc3)CC2)sc1C(=O)c1c(F)cccc1F. The molecule has 1 atom stereocenters. The van der Waals surface area contributed by atoms with E-state index in [2.05, 4.69) is 20.6 Å². The minimum atomic E-state index is -3.79. The fourth-order valence-electron chi connectivity index (χ4n) is 3.87. The molecule has 0 radical (unpaired) electrons. The van der Waals surface area contributed by atoms with E-state index < -0.39 is 45.7 Å². The summed E-state index contributed by atoms with van der Waals surface area (Å²) in [5.41, 5.74) is 5.15. The number of sulfonamides is 1. The van der Waals surface area contributed by atoms with Crippen molar-refractivity contribution in [2.45, 2.75) is 29.9 Å². The summed E-state index contributed by atoms with van der Waals surface area (Å²) in [6, 6.07) is 5.86. The maximum absolute atomic E-state index is 14.0. The van der Waals surface area contributed by atoms with Gasteiger partial charge in [0.25, 0.3) is 0 Å². The molecule has 1 fully saturated rings. The summed E-state index contributed by atoms with van der Waals surface area (Å²) >= 11 is 0.879. The Bertz CT molecular complexity index is 1380. The van der Waals surface area contributed by atoms with Crippen molar-refractivity contribution in [1.82, 2.24) is 14.3 Å². The largest absolute Gasteiger partial charge is 0.394 e. The molecule has 1 unspecified atom stereocenters. The molecule has 204 valence electrons. The molecule has 15 heteroatoms. The molecule has 11 nitrogen and oxygen atoms in total. The zero-order valence-electron chi connectivity index (χ0n) is 20.0. The predicted octanol–water partition coefficient (Wildman–Crippen LogP) is 1.66. The van der Waals surface area contributed by atoms with E-state index in [-0.39, 0.29) is 41.3 Å². The molecular weight excluding hydrogens is 542 g/mol. The number of carbonyl (C=O) groups is 1. The number of pyridine rings is 1. The fourth-order valence-corrected chi connectivity index (χ4v) is 6.20. The number of anilines is 3. The van der Waals surface area contributed by atoms with Crippen LogP contribution in [0.15, 0.2) is 41.4 Å². The first-order valence-corrected chi connectivity index (χ1v) is 13.9. The van der Waals surface area contributed by atoms with Crippen molar-refractivity contribution in [3.05, 3.63) is 58.6 Å². The number of halogens is 2. The summed E-state index contributed by atoms with van der Waals surface area (Å²) in [6.45, 7) is 0.0925. The first-order chi connectivity index (χ1) is 18.1. The van der Waals surface area contributed by atoms with Crippen LogP contribution in [0.25, 0.3) is 0 Å². The maximum Gasteiger partial charge on any atom is 0.244 e. The van der Waals surface area contributed by atoms with E-state index in [0.717, 1.165) is 29.5 Å². The molecule has 1 saturated heterocycles. The molecular formula is C23H26F2N6O5S2. The molecule has 0 saturated carbocycles. The van der Waals surface area contributed by atoms with E-state index in [1.54, 1.807) is 0 Å². The van der Waals surface area contributed by atoms with Crippen molar-refractivity contribution in [3.8, 4) is 0 Å². The Morgan fingerprint density at radius 2 is 1.89 bits per heavy atom. The zero-order chi connectivity index (χ0) is 27.4. The number of aliphatic hydroxyl groups excluding tert-OH is 2. The van der Waals surface area contributed by atoms with Crippen LogP contribution >= 0.6 is 11.3 Å². The molecule has 0 aliphatic carbocycles. The van der Waals surface area contributed by atoms with E-state index >= 15 is 0 Å². The number of hydrogen-bond acceptors (Lipinski definition) is 11. The number of aliphatic hydroxyl groups is 2. The number of thiazole rings is 1. The maximum atomic E-state index is 14.0. The lowest BCUT2D eigenvalue weighted by atomic mass is 10.1. The van der Waals surface area contributed by atoms with Crippen LogP contribution in [0.4, 0.5) is 25.5 Å². The van der Waals surface area contributed by atoms with Gasteiger partial charge < -0.3 is 26.6 Å². The van der Waals surface area contributed by atoms with Gasteiger partial charge in [0.05, 0.1) is 18.3 Å². The highest BCUT2D eigenvalue weighted by molar-refractivity contribution is 7.89. The zero-order valence-corrected chi connectivity index (χ0v) is 21.6. The van der Waals surface area contributed by atoms with Gasteiger partial charge in [0.2, 0.25) is 15.8 Å². The summed E-state index contributed by atoms with van der Waals surface area (Å²) < 4.78 is 55.5. The van der Waals surface area contributed by atoms with Crippen LogP contribution < -0.4 is 16.4 Å². The third-order valence-corrected chi connectivity index (χ3v) is 8.82. The van der Waals surface area contributed by atoms with Crippen molar-refractivity contribution in [3.63, 3.8) is 0 Å². The summed E-state index contributed by atoms with van der Waals surface area (Å²) in [5.74, 6) is -2.68. The minimum absolute atomic E-state index is 0.0217. The van der Waals surface area contributed by atoms with E-state index in [1.807, 2.05) is 0 Å². The average Bonchev–Trinajstić information content (AvgIpc) is 3.27. The lowest BCUT2D eigenvalue weighted by molar-refractivity contribution is 0.103. The number of nitrogens with one attached hydrogen (secondary N) is 2. The van der Waals surface area contributed by atoms with Gasteiger partial charge in [-0.1, -0.05) is 17.4 Å². The number of benzene rings is 1. The smallest absolute Gasteiger partial charge is 0.244 e. The molecule has 2 aromatic heterocycles. The normalized spacial score (nSPS) is 15.8. The monoisotopic (exact) mass is 568 g/mol. The third kappa shape index (κ3) is 6.07. The number of nitrogens with two attached hydrogens (primary N) is 1. The highest BCUT2D eigenvalue weighted by Gasteiger charge is 2.31. The second-order valence-corrected chi connectivity index (χ2v) is 11.5. The van der Waals surface area contributed by atoms with Crippen molar-refractivity contribution in [1.29, 1.82) is 0 Å². The van der Waals surface area contributed by atoms with Gasteiger partial charge in [-0.2, -0.15) is 4.31 Å². The molecule has 6 N–H and O–H groups in total. The van der Waals surface area contributed by atoms with Gasteiger partial charge in [0.1, 0.15) is 33.0 Å². The number of piperidine rings is 1. The topological polar surface area (TPSA) is 171 Å². The number of nitrogens with zero attached hydrogens (tertiary/aromatic N) is 3. The molecule has 0 amide bonds. The molecule has 0 spiro atoms. The van der Waals surface area contributed by atoms with E-state index in [0.29, 0.717) is 23.8 Å².